The van der Waals surface area contributed by atoms with Crippen LogP contribution >= 0.6 is 0 Å². The molecule has 8 nitrogen and oxygen atoms in total. The minimum atomic E-state index is -0.958. The zero-order chi connectivity index (χ0) is 29.3. The van der Waals surface area contributed by atoms with Crippen molar-refractivity contribution < 1.29 is 28.7 Å². The highest BCUT2D eigenvalue weighted by atomic mass is 19.1. The van der Waals surface area contributed by atoms with Crippen molar-refractivity contribution in [2.45, 2.75) is 52.6 Å². The number of hydrogen-bond donors (Lipinski definition) is 4. The fourth-order valence-corrected chi connectivity index (χ4v) is 4.02. The van der Waals surface area contributed by atoms with Crippen LogP contribution in [0.4, 0.5) is 10.1 Å². The molecular formula is C31H34FN3O5. The van der Waals surface area contributed by atoms with Gasteiger partial charge >= 0.3 is 5.97 Å². The van der Waals surface area contributed by atoms with Crippen molar-refractivity contribution in [3.63, 3.8) is 0 Å². The monoisotopic (exact) mass is 547 g/mol. The molecule has 0 saturated heterocycles. The predicted octanol–water partition coefficient (Wildman–Crippen LogP) is 4.95. The summed E-state index contributed by atoms with van der Waals surface area (Å²) in [6.45, 7) is 5.86. The highest BCUT2D eigenvalue weighted by Crippen LogP contribution is 2.23. The molecule has 3 amide bonds. The molecular weight excluding hydrogens is 513 g/mol. The van der Waals surface area contributed by atoms with Gasteiger partial charge in [-0.15, -0.1) is 0 Å². The predicted molar refractivity (Wildman–Crippen MR) is 150 cm³/mol. The zero-order valence-corrected chi connectivity index (χ0v) is 22.8. The molecule has 40 heavy (non-hydrogen) atoms. The minimum Gasteiger partial charge on any atom is -0.481 e. The molecule has 0 aromatic heterocycles. The first kappa shape index (κ1) is 30.0. The molecule has 0 unspecified atom stereocenters. The number of aryl methyl sites for hydroxylation is 1. The van der Waals surface area contributed by atoms with Crippen molar-refractivity contribution in [1.29, 1.82) is 0 Å². The third-order valence-corrected chi connectivity index (χ3v) is 6.05. The van der Waals surface area contributed by atoms with E-state index in [1.54, 1.807) is 54.6 Å². The van der Waals surface area contributed by atoms with Crippen molar-refractivity contribution in [3.05, 3.63) is 101 Å². The van der Waals surface area contributed by atoms with Crippen molar-refractivity contribution in [1.82, 2.24) is 10.6 Å². The van der Waals surface area contributed by atoms with E-state index in [4.69, 9.17) is 5.11 Å². The lowest BCUT2D eigenvalue weighted by atomic mass is 9.87. The largest absolute Gasteiger partial charge is 0.481 e. The number of hydrogen-bond acceptors (Lipinski definition) is 4. The summed E-state index contributed by atoms with van der Waals surface area (Å²) in [5.74, 6) is -3.15. The Bertz CT molecular complexity index is 1350. The Hall–Kier alpha value is -4.53. The zero-order valence-electron chi connectivity index (χ0n) is 22.8. The first-order valence-electron chi connectivity index (χ1n) is 13.0. The van der Waals surface area contributed by atoms with Crippen molar-refractivity contribution in [2.24, 2.45) is 5.41 Å². The molecule has 0 radical (unpaired) electrons. The van der Waals surface area contributed by atoms with Crippen molar-refractivity contribution >= 4 is 29.4 Å². The Morgan fingerprint density at radius 3 is 2.15 bits per heavy atom. The molecule has 9 heteroatoms. The van der Waals surface area contributed by atoms with Crippen LogP contribution in [0.25, 0.3) is 0 Å². The maximum absolute atomic E-state index is 14.7. The highest BCUT2D eigenvalue weighted by Gasteiger charge is 2.28. The van der Waals surface area contributed by atoms with Crippen molar-refractivity contribution in [2.75, 3.05) is 5.32 Å². The Kier molecular flexibility index (Phi) is 10.1. The number of carbonyl (C=O) groups is 4. The van der Waals surface area contributed by atoms with Gasteiger partial charge in [0.25, 0.3) is 11.8 Å². The molecule has 0 aliphatic heterocycles. The standard InChI is InChI=1S/C31H34FN3O5/c1-31(2,3)18-26(30(40)34-23-13-9-20(10-14-23)12-16-27(36)37)35-29(39)24-17-21(11-15-25(24)32)19-33-28(38)22-7-5-4-6-8-22/h4-11,13-15,17,26H,12,16,18-19H2,1-3H3,(H,33,38)(H,34,40)(H,35,39)(H,36,37)/t26-/m0/s1. The first-order valence-corrected chi connectivity index (χ1v) is 13.0. The van der Waals surface area contributed by atoms with Gasteiger partial charge in [-0.25, -0.2) is 4.39 Å². The molecule has 0 saturated carbocycles. The van der Waals surface area contributed by atoms with Gasteiger partial charge in [-0.2, -0.15) is 0 Å². The van der Waals surface area contributed by atoms with Gasteiger partial charge in [0.2, 0.25) is 5.91 Å². The molecule has 1 atom stereocenters. The molecule has 0 aliphatic carbocycles. The van der Waals surface area contributed by atoms with Gasteiger partial charge in [-0.1, -0.05) is 57.2 Å². The molecule has 0 heterocycles. The van der Waals surface area contributed by atoms with Gasteiger partial charge in [-0.05, 0) is 65.8 Å². The van der Waals surface area contributed by atoms with E-state index >= 15 is 0 Å². The van der Waals surface area contributed by atoms with Crippen LogP contribution < -0.4 is 16.0 Å². The summed E-state index contributed by atoms with van der Waals surface area (Å²) in [6, 6.07) is 18.5. The van der Waals surface area contributed by atoms with Crippen LogP contribution in [-0.4, -0.2) is 34.8 Å². The average Bonchev–Trinajstić information content (AvgIpc) is 2.91. The Balaban J connectivity index is 1.70. The molecule has 3 aromatic carbocycles. The second-order valence-electron chi connectivity index (χ2n) is 10.7. The Morgan fingerprint density at radius 1 is 0.875 bits per heavy atom. The third kappa shape index (κ3) is 9.34. The van der Waals surface area contributed by atoms with Crippen LogP contribution in [-0.2, 0) is 22.6 Å². The Labute approximate surface area is 233 Å². The Morgan fingerprint density at radius 2 is 1.52 bits per heavy atom. The number of carboxylic acids is 1. The number of carboxylic acid groups (broad SMARTS) is 1. The summed E-state index contributed by atoms with van der Waals surface area (Å²) < 4.78 is 14.7. The number of halogens is 1. The summed E-state index contributed by atoms with van der Waals surface area (Å²) in [5.41, 5.74) is 1.73. The molecule has 0 fully saturated rings. The fraction of sp³-hybridized carbons (Fsp3) is 0.290. The normalized spacial score (nSPS) is 11.8. The smallest absolute Gasteiger partial charge is 0.303 e. The molecule has 3 aromatic rings. The van der Waals surface area contributed by atoms with Crippen LogP contribution in [0.1, 0.15) is 65.5 Å². The summed E-state index contributed by atoms with van der Waals surface area (Å²) in [4.78, 5) is 49.5. The molecule has 210 valence electrons. The second kappa shape index (κ2) is 13.5. The number of carbonyl (C=O) groups excluding carboxylic acids is 3. The van der Waals surface area contributed by atoms with E-state index in [-0.39, 0.29) is 36.3 Å². The van der Waals surface area contributed by atoms with Gasteiger partial charge in [0.15, 0.2) is 0 Å². The lowest BCUT2D eigenvalue weighted by Crippen LogP contribution is -2.46. The number of anilines is 1. The van der Waals surface area contributed by atoms with Gasteiger partial charge < -0.3 is 21.1 Å². The second-order valence-corrected chi connectivity index (χ2v) is 10.7. The number of aliphatic carboxylic acids is 1. The van der Waals surface area contributed by atoms with E-state index in [9.17, 15) is 23.6 Å². The van der Waals surface area contributed by atoms with Crippen LogP contribution in [0.5, 0.6) is 0 Å². The summed E-state index contributed by atoms with van der Waals surface area (Å²) in [5, 5.41) is 17.0. The van der Waals surface area contributed by atoms with E-state index in [2.05, 4.69) is 16.0 Å². The number of amides is 3. The summed E-state index contributed by atoms with van der Waals surface area (Å²) in [6.07, 6.45) is 0.658. The maximum atomic E-state index is 14.7. The van der Waals surface area contributed by atoms with E-state index in [0.717, 1.165) is 11.6 Å². The number of nitrogens with one attached hydrogen (secondary N) is 3. The molecule has 3 rings (SSSR count). The molecule has 0 aliphatic rings. The third-order valence-electron chi connectivity index (χ3n) is 6.05. The van der Waals surface area contributed by atoms with Gasteiger partial charge in [0, 0.05) is 24.2 Å². The summed E-state index contributed by atoms with van der Waals surface area (Å²) >= 11 is 0. The van der Waals surface area contributed by atoms with Crippen LogP contribution in [0.3, 0.4) is 0 Å². The lowest BCUT2D eigenvalue weighted by Gasteiger charge is -2.26. The fourth-order valence-electron chi connectivity index (χ4n) is 4.02. The molecule has 0 spiro atoms. The topological polar surface area (TPSA) is 125 Å². The van der Waals surface area contributed by atoms with Crippen LogP contribution in [0, 0.1) is 11.2 Å². The molecule has 0 bridgehead atoms. The maximum Gasteiger partial charge on any atom is 0.303 e. The number of rotatable bonds is 11. The minimum absolute atomic E-state index is 0.00253. The number of benzene rings is 3. The van der Waals surface area contributed by atoms with E-state index in [1.807, 2.05) is 20.8 Å². The SMILES string of the molecule is CC(C)(C)C[C@H](NC(=O)c1cc(CNC(=O)c2ccccc2)ccc1F)C(=O)Nc1ccc(CCC(=O)O)cc1. The van der Waals surface area contributed by atoms with Crippen LogP contribution in [0.2, 0.25) is 0 Å². The van der Waals surface area contributed by atoms with E-state index in [1.165, 1.54) is 12.1 Å². The summed E-state index contributed by atoms with van der Waals surface area (Å²) in [7, 11) is 0. The first-order chi connectivity index (χ1) is 18.9. The van der Waals surface area contributed by atoms with Crippen molar-refractivity contribution in [3.8, 4) is 0 Å². The molecule has 4 N–H and O–H groups in total. The lowest BCUT2D eigenvalue weighted by molar-refractivity contribution is -0.137. The van der Waals surface area contributed by atoms with Gasteiger partial charge in [0.1, 0.15) is 11.9 Å². The van der Waals surface area contributed by atoms with E-state index < -0.39 is 29.6 Å². The quantitative estimate of drug-likeness (QED) is 0.271. The average molecular weight is 548 g/mol. The highest BCUT2D eigenvalue weighted by molar-refractivity contribution is 6.01. The van der Waals surface area contributed by atoms with Crippen LogP contribution in [0.15, 0.2) is 72.8 Å². The van der Waals surface area contributed by atoms with E-state index in [0.29, 0.717) is 23.2 Å². The van der Waals surface area contributed by atoms with Gasteiger partial charge in [-0.3, -0.25) is 19.2 Å². The van der Waals surface area contributed by atoms with Gasteiger partial charge in [0.05, 0.1) is 5.56 Å².